The summed E-state index contributed by atoms with van der Waals surface area (Å²) in [6, 6.07) is 8.28. The molecular weight excluding hydrogens is 377 g/mol. The van der Waals surface area contributed by atoms with Gasteiger partial charge in [-0.05, 0) is 48.2 Å². The first-order chi connectivity index (χ1) is 8.58. The Balaban J connectivity index is 2.22. The molecule has 0 radical (unpaired) electrons. The minimum atomic E-state index is 0.255. The van der Waals surface area contributed by atoms with Crippen LogP contribution in [-0.4, -0.2) is 4.98 Å². The molecule has 1 aromatic heterocycles. The number of hydrogen-bond donors (Lipinski definition) is 0. The predicted octanol–water partition coefficient (Wildman–Crippen LogP) is 5.48. The Morgan fingerprint density at radius 3 is 2.78 bits per heavy atom. The quantitative estimate of drug-likeness (QED) is 0.633. The van der Waals surface area contributed by atoms with Crippen LogP contribution in [0.1, 0.15) is 21.5 Å². The fourth-order valence-electron chi connectivity index (χ4n) is 1.86. The number of nitrogens with zero attached hydrogens (tertiary/aromatic N) is 1. The Hall–Kier alpha value is -0.380. The van der Waals surface area contributed by atoms with Crippen molar-refractivity contribution in [2.75, 3.05) is 0 Å². The lowest BCUT2D eigenvalue weighted by molar-refractivity contribution is 0.934. The maximum atomic E-state index is 6.13. The minimum absolute atomic E-state index is 0.255. The lowest BCUT2D eigenvalue weighted by Crippen LogP contribution is -1.99. The molecule has 1 aromatic carbocycles. The first kappa shape index (κ1) is 14.0. The van der Waals surface area contributed by atoms with Crippen molar-refractivity contribution in [1.82, 2.24) is 4.98 Å². The zero-order valence-electron chi connectivity index (χ0n) is 9.83. The van der Waals surface area contributed by atoms with Crippen molar-refractivity contribution in [3.63, 3.8) is 0 Å². The highest BCUT2D eigenvalue weighted by Gasteiger charge is 2.13. The summed E-state index contributed by atoms with van der Waals surface area (Å²) in [7, 11) is 0. The third kappa shape index (κ3) is 3.34. The number of aromatic nitrogens is 1. The van der Waals surface area contributed by atoms with E-state index in [9.17, 15) is 0 Å². The average Bonchev–Trinajstić information content (AvgIpc) is 2.32. The predicted molar refractivity (Wildman–Crippen MR) is 83.5 cm³/mol. The van der Waals surface area contributed by atoms with Crippen LogP contribution in [-0.2, 0) is 6.42 Å². The monoisotopic (exact) mass is 387 g/mol. The molecule has 1 atom stereocenters. The third-order valence-corrected chi connectivity index (χ3v) is 4.48. The highest BCUT2D eigenvalue weighted by molar-refractivity contribution is 9.10. The van der Waals surface area contributed by atoms with Crippen LogP contribution in [0.15, 0.2) is 41.1 Å². The van der Waals surface area contributed by atoms with Gasteiger partial charge in [-0.15, -0.1) is 0 Å². The maximum Gasteiger partial charge on any atom is 0.0621 e. The van der Waals surface area contributed by atoms with Gasteiger partial charge in [-0.3, -0.25) is 4.98 Å². The second kappa shape index (κ2) is 6.18. The molecule has 0 bridgehead atoms. The molecule has 0 fully saturated rings. The van der Waals surface area contributed by atoms with Gasteiger partial charge < -0.3 is 0 Å². The molecule has 0 aliphatic carbocycles. The summed E-state index contributed by atoms with van der Waals surface area (Å²) < 4.78 is 1.10. The van der Waals surface area contributed by atoms with E-state index >= 15 is 0 Å². The summed E-state index contributed by atoms with van der Waals surface area (Å²) in [6.07, 6.45) is 4.31. The van der Waals surface area contributed by atoms with Crippen LogP contribution in [0.3, 0.4) is 0 Å². The molecule has 0 spiro atoms. The van der Waals surface area contributed by atoms with Crippen molar-refractivity contribution in [3.05, 3.63) is 62.8 Å². The fourth-order valence-corrected chi connectivity index (χ4v) is 3.40. The largest absolute Gasteiger partial charge is 0.263 e. The molecule has 0 N–H and O–H groups in total. The van der Waals surface area contributed by atoms with Gasteiger partial charge in [-0.25, -0.2) is 0 Å². The summed E-state index contributed by atoms with van der Waals surface area (Å²) in [6.45, 7) is 2.11. The Kier molecular flexibility index (Phi) is 4.82. The molecule has 0 saturated carbocycles. The smallest absolute Gasteiger partial charge is 0.0621 e. The minimum Gasteiger partial charge on any atom is -0.263 e. The van der Waals surface area contributed by atoms with Crippen LogP contribution in [0.2, 0.25) is 5.02 Å². The zero-order chi connectivity index (χ0) is 13.1. The Morgan fingerprint density at radius 2 is 2.11 bits per heavy atom. The van der Waals surface area contributed by atoms with E-state index in [1.54, 1.807) is 12.4 Å². The number of alkyl halides is 1. The van der Waals surface area contributed by atoms with Gasteiger partial charge in [-0.2, -0.15) is 0 Å². The van der Waals surface area contributed by atoms with Crippen LogP contribution >= 0.6 is 43.5 Å². The van der Waals surface area contributed by atoms with Gasteiger partial charge in [0.1, 0.15) is 0 Å². The second-order valence-electron chi connectivity index (χ2n) is 4.14. The van der Waals surface area contributed by atoms with Gasteiger partial charge in [0.2, 0.25) is 0 Å². The molecule has 18 heavy (non-hydrogen) atoms. The second-order valence-corrected chi connectivity index (χ2v) is 6.57. The van der Waals surface area contributed by atoms with Crippen molar-refractivity contribution in [2.45, 2.75) is 18.2 Å². The molecular formula is C14H12Br2ClN. The summed E-state index contributed by atoms with van der Waals surface area (Å²) >= 11 is 13.3. The number of benzene rings is 1. The molecule has 1 unspecified atom stereocenters. The Bertz CT molecular complexity index is 557. The Labute approximate surface area is 129 Å². The van der Waals surface area contributed by atoms with Gasteiger partial charge in [0.25, 0.3) is 0 Å². The van der Waals surface area contributed by atoms with Gasteiger partial charge in [0, 0.05) is 21.7 Å². The molecule has 4 heteroatoms. The molecule has 0 saturated heterocycles. The van der Waals surface area contributed by atoms with Crippen LogP contribution in [0.25, 0.3) is 0 Å². The molecule has 1 heterocycles. The van der Waals surface area contributed by atoms with Crippen molar-refractivity contribution in [3.8, 4) is 0 Å². The lowest BCUT2D eigenvalue weighted by atomic mass is 10.0. The topological polar surface area (TPSA) is 12.9 Å². The molecule has 1 nitrogen and oxygen atoms in total. The molecule has 2 rings (SSSR count). The summed E-state index contributed by atoms with van der Waals surface area (Å²) in [4.78, 5) is 4.26. The highest BCUT2D eigenvalue weighted by atomic mass is 79.9. The van der Waals surface area contributed by atoms with E-state index in [0.717, 1.165) is 21.5 Å². The Morgan fingerprint density at radius 1 is 1.33 bits per heavy atom. The van der Waals surface area contributed by atoms with Gasteiger partial charge in [0.05, 0.1) is 5.02 Å². The first-order valence-electron chi connectivity index (χ1n) is 5.56. The van der Waals surface area contributed by atoms with Gasteiger partial charge in [-0.1, -0.05) is 49.5 Å². The van der Waals surface area contributed by atoms with Gasteiger partial charge >= 0.3 is 0 Å². The molecule has 0 aliphatic rings. The molecule has 94 valence electrons. The number of aryl methyl sites for hydroxylation is 1. The number of halogens is 3. The lowest BCUT2D eigenvalue weighted by Gasteiger charge is -2.14. The third-order valence-electron chi connectivity index (χ3n) is 2.82. The van der Waals surface area contributed by atoms with E-state index in [1.165, 1.54) is 11.1 Å². The number of pyridine rings is 1. The van der Waals surface area contributed by atoms with Crippen LogP contribution in [0.5, 0.6) is 0 Å². The molecule has 0 amide bonds. The first-order valence-corrected chi connectivity index (χ1v) is 7.65. The van der Waals surface area contributed by atoms with E-state index in [4.69, 9.17) is 11.6 Å². The SMILES string of the molecule is Cc1cc(Br)ccc1C(Br)Cc1ccncc1Cl. The van der Waals surface area contributed by atoms with E-state index in [2.05, 4.69) is 62.0 Å². The molecule has 2 aromatic rings. The zero-order valence-corrected chi connectivity index (χ0v) is 13.8. The van der Waals surface area contributed by atoms with Crippen LogP contribution in [0.4, 0.5) is 0 Å². The van der Waals surface area contributed by atoms with Crippen LogP contribution < -0.4 is 0 Å². The van der Waals surface area contributed by atoms with Crippen molar-refractivity contribution in [1.29, 1.82) is 0 Å². The summed E-state index contributed by atoms with van der Waals surface area (Å²) in [5, 5.41) is 0.719. The van der Waals surface area contributed by atoms with E-state index in [0.29, 0.717) is 0 Å². The van der Waals surface area contributed by atoms with Crippen molar-refractivity contribution < 1.29 is 0 Å². The number of rotatable bonds is 3. The normalized spacial score (nSPS) is 12.4. The van der Waals surface area contributed by atoms with Crippen LogP contribution in [0, 0.1) is 6.92 Å². The van der Waals surface area contributed by atoms with E-state index in [1.807, 2.05) is 6.07 Å². The average molecular weight is 390 g/mol. The molecule has 0 aliphatic heterocycles. The van der Waals surface area contributed by atoms with Crippen molar-refractivity contribution >= 4 is 43.5 Å². The number of hydrogen-bond acceptors (Lipinski definition) is 1. The van der Waals surface area contributed by atoms with Crippen molar-refractivity contribution in [2.24, 2.45) is 0 Å². The highest BCUT2D eigenvalue weighted by Crippen LogP contribution is 2.32. The fraction of sp³-hybridized carbons (Fsp3) is 0.214. The summed E-state index contributed by atoms with van der Waals surface area (Å²) in [5.41, 5.74) is 3.65. The standard InChI is InChI=1S/C14H12Br2ClN/c1-9-6-11(15)2-3-12(9)13(16)7-10-4-5-18-8-14(10)17/h2-6,8,13H,7H2,1H3. The van der Waals surface area contributed by atoms with E-state index < -0.39 is 0 Å². The summed E-state index contributed by atoms with van der Waals surface area (Å²) in [5.74, 6) is 0. The maximum absolute atomic E-state index is 6.13. The van der Waals surface area contributed by atoms with E-state index in [-0.39, 0.29) is 4.83 Å². The van der Waals surface area contributed by atoms with Gasteiger partial charge in [0.15, 0.2) is 0 Å².